The van der Waals surface area contributed by atoms with Crippen LogP contribution in [0.4, 0.5) is 0 Å². The van der Waals surface area contributed by atoms with Crippen molar-refractivity contribution < 1.29 is 15.2 Å². The predicted molar refractivity (Wildman–Crippen MR) is 42.9 cm³/mol. The Bertz CT molecular complexity index is 147. The average Bonchev–Trinajstić information content (AvgIpc) is 2.04. The Kier molecular flexibility index (Phi) is 3.11. The number of allylic oxidation sites excluding steroid dienone is 2. The van der Waals surface area contributed by atoms with E-state index in [0.717, 1.165) is 6.42 Å². The van der Waals surface area contributed by atoms with Gasteiger partial charge in [0, 0.05) is 12.4 Å². The molecule has 1 rings (SSSR count). The largest absolute Gasteiger partial charge is 0.455 e. The van der Waals surface area contributed by atoms with E-state index in [1.54, 1.807) is 0 Å². The minimum atomic E-state index is -1.29. The smallest absolute Gasteiger partial charge is 0.427 e. The van der Waals surface area contributed by atoms with Crippen LogP contribution in [0.25, 0.3) is 0 Å². The van der Waals surface area contributed by atoms with Crippen molar-refractivity contribution >= 4 is 7.12 Å². The van der Waals surface area contributed by atoms with Crippen molar-refractivity contribution in [3.63, 3.8) is 0 Å². The summed E-state index contributed by atoms with van der Waals surface area (Å²) < 4.78 is 0. The van der Waals surface area contributed by atoms with Crippen LogP contribution in [0.5, 0.6) is 0 Å². The Balaban J connectivity index is 2.54. The summed E-state index contributed by atoms with van der Waals surface area (Å²) in [6, 6.07) is 0. The van der Waals surface area contributed by atoms with Crippen LogP contribution in [0.2, 0.25) is 5.82 Å². The molecule has 1 aliphatic carbocycles. The van der Waals surface area contributed by atoms with Crippen LogP contribution in [0, 0.1) is 5.92 Å². The summed E-state index contributed by atoms with van der Waals surface area (Å²) in [5.74, 6) is -0.176. The van der Waals surface area contributed by atoms with Gasteiger partial charge in [-0.15, -0.1) is 0 Å². The Morgan fingerprint density at radius 3 is 2.36 bits per heavy atom. The van der Waals surface area contributed by atoms with E-state index in [1.807, 2.05) is 12.2 Å². The molecule has 0 saturated carbocycles. The van der Waals surface area contributed by atoms with E-state index in [2.05, 4.69) is 0 Å². The summed E-state index contributed by atoms with van der Waals surface area (Å²) >= 11 is 0. The SMILES string of the molecule is OCC1CC=CCC1B(O)O. The molecule has 0 radical (unpaired) electrons. The highest BCUT2D eigenvalue weighted by Crippen LogP contribution is 2.30. The highest BCUT2D eigenvalue weighted by molar-refractivity contribution is 6.43. The van der Waals surface area contributed by atoms with Gasteiger partial charge in [0.1, 0.15) is 0 Å². The van der Waals surface area contributed by atoms with Crippen molar-refractivity contribution in [1.82, 2.24) is 0 Å². The first-order valence-electron chi connectivity index (χ1n) is 3.87. The van der Waals surface area contributed by atoms with E-state index in [0.29, 0.717) is 6.42 Å². The maximum Gasteiger partial charge on any atom is 0.455 e. The first-order chi connectivity index (χ1) is 5.25. The fourth-order valence-electron chi connectivity index (χ4n) is 1.47. The molecule has 0 aromatic rings. The average molecular weight is 156 g/mol. The molecular weight excluding hydrogens is 143 g/mol. The minimum absolute atomic E-state index is 0.0139. The topological polar surface area (TPSA) is 60.7 Å². The van der Waals surface area contributed by atoms with E-state index in [9.17, 15) is 0 Å². The molecule has 1 aliphatic rings. The van der Waals surface area contributed by atoms with Crippen molar-refractivity contribution in [3.05, 3.63) is 12.2 Å². The van der Waals surface area contributed by atoms with Gasteiger partial charge in [0.15, 0.2) is 0 Å². The molecule has 62 valence electrons. The third-order valence-corrected chi connectivity index (χ3v) is 2.24. The van der Waals surface area contributed by atoms with Crippen LogP contribution >= 0.6 is 0 Å². The van der Waals surface area contributed by atoms with Gasteiger partial charge < -0.3 is 15.2 Å². The van der Waals surface area contributed by atoms with Crippen LogP contribution in [0.1, 0.15) is 12.8 Å². The number of aliphatic hydroxyl groups excluding tert-OH is 1. The number of rotatable bonds is 2. The summed E-state index contributed by atoms with van der Waals surface area (Å²) in [4.78, 5) is 0. The standard InChI is InChI=1S/C7H13BO3/c9-5-6-3-1-2-4-7(6)8(10)11/h1-2,6-7,9-11H,3-5H2. The molecule has 0 spiro atoms. The molecule has 0 aromatic carbocycles. The second-order valence-electron chi connectivity index (χ2n) is 2.96. The zero-order valence-corrected chi connectivity index (χ0v) is 6.35. The van der Waals surface area contributed by atoms with Gasteiger partial charge in [-0.3, -0.25) is 0 Å². The fourth-order valence-corrected chi connectivity index (χ4v) is 1.47. The maximum absolute atomic E-state index is 8.89. The molecule has 0 aliphatic heterocycles. The van der Waals surface area contributed by atoms with Gasteiger partial charge in [-0.1, -0.05) is 12.2 Å². The maximum atomic E-state index is 8.89. The lowest BCUT2D eigenvalue weighted by Gasteiger charge is -2.25. The van der Waals surface area contributed by atoms with Crippen LogP contribution in [0.15, 0.2) is 12.2 Å². The summed E-state index contributed by atoms with van der Waals surface area (Å²) in [7, 11) is -1.29. The summed E-state index contributed by atoms with van der Waals surface area (Å²) in [5, 5.41) is 26.6. The molecule has 3 N–H and O–H groups in total. The summed E-state index contributed by atoms with van der Waals surface area (Å²) in [6.07, 6.45) is 5.30. The lowest BCUT2D eigenvalue weighted by atomic mass is 9.61. The van der Waals surface area contributed by atoms with Crippen molar-refractivity contribution in [2.45, 2.75) is 18.7 Å². The predicted octanol–water partition coefficient (Wildman–Crippen LogP) is -0.212. The van der Waals surface area contributed by atoms with Crippen molar-refractivity contribution in [2.24, 2.45) is 5.92 Å². The quantitative estimate of drug-likeness (QED) is 0.382. The highest BCUT2D eigenvalue weighted by Gasteiger charge is 2.31. The van der Waals surface area contributed by atoms with Gasteiger partial charge in [-0.25, -0.2) is 0 Å². The molecule has 0 aromatic heterocycles. The van der Waals surface area contributed by atoms with Gasteiger partial charge in [0.05, 0.1) is 0 Å². The molecule has 3 nitrogen and oxygen atoms in total. The van der Waals surface area contributed by atoms with E-state index in [-0.39, 0.29) is 18.3 Å². The Morgan fingerprint density at radius 1 is 1.27 bits per heavy atom. The fraction of sp³-hybridized carbons (Fsp3) is 0.714. The lowest BCUT2D eigenvalue weighted by molar-refractivity contribution is 0.203. The van der Waals surface area contributed by atoms with Gasteiger partial charge in [-0.05, 0) is 18.8 Å². The molecule has 0 amide bonds. The van der Waals surface area contributed by atoms with Crippen molar-refractivity contribution in [2.75, 3.05) is 6.61 Å². The van der Waals surface area contributed by atoms with E-state index in [1.165, 1.54) is 0 Å². The highest BCUT2D eigenvalue weighted by atomic mass is 16.4. The normalized spacial score (nSPS) is 30.5. The van der Waals surface area contributed by atoms with Crippen LogP contribution in [-0.4, -0.2) is 28.9 Å². The van der Waals surface area contributed by atoms with Gasteiger partial charge in [-0.2, -0.15) is 0 Å². The zero-order valence-electron chi connectivity index (χ0n) is 6.35. The van der Waals surface area contributed by atoms with E-state index >= 15 is 0 Å². The van der Waals surface area contributed by atoms with Gasteiger partial charge >= 0.3 is 7.12 Å². The molecule has 0 saturated heterocycles. The second-order valence-corrected chi connectivity index (χ2v) is 2.96. The molecule has 2 atom stereocenters. The van der Waals surface area contributed by atoms with Crippen molar-refractivity contribution in [3.8, 4) is 0 Å². The van der Waals surface area contributed by atoms with Crippen molar-refractivity contribution in [1.29, 1.82) is 0 Å². The Morgan fingerprint density at radius 2 is 1.91 bits per heavy atom. The van der Waals surface area contributed by atoms with Crippen LogP contribution in [-0.2, 0) is 0 Å². The molecule has 0 fully saturated rings. The minimum Gasteiger partial charge on any atom is -0.427 e. The molecule has 2 unspecified atom stereocenters. The number of hydrogen-bond donors (Lipinski definition) is 3. The third-order valence-electron chi connectivity index (χ3n) is 2.24. The van der Waals surface area contributed by atoms with E-state index in [4.69, 9.17) is 15.2 Å². The van der Waals surface area contributed by atoms with Crippen LogP contribution < -0.4 is 0 Å². The van der Waals surface area contributed by atoms with Crippen LogP contribution in [0.3, 0.4) is 0 Å². The second kappa shape index (κ2) is 3.90. The van der Waals surface area contributed by atoms with Gasteiger partial charge in [0.25, 0.3) is 0 Å². The summed E-state index contributed by atoms with van der Waals surface area (Å²) in [6.45, 7) is 0.0344. The molecule has 0 bridgehead atoms. The number of aliphatic hydroxyl groups is 1. The molecular formula is C7H13BO3. The molecule has 11 heavy (non-hydrogen) atoms. The Labute approximate surface area is 66.5 Å². The number of hydrogen-bond acceptors (Lipinski definition) is 3. The Hall–Kier alpha value is -0.315. The molecule has 0 heterocycles. The lowest BCUT2D eigenvalue weighted by Crippen LogP contribution is -2.29. The first kappa shape index (κ1) is 8.78. The first-order valence-corrected chi connectivity index (χ1v) is 3.87. The molecule has 4 heteroatoms. The third kappa shape index (κ3) is 2.05. The summed E-state index contributed by atoms with van der Waals surface area (Å²) in [5.41, 5.74) is 0. The van der Waals surface area contributed by atoms with E-state index < -0.39 is 7.12 Å². The zero-order chi connectivity index (χ0) is 8.27. The van der Waals surface area contributed by atoms with Gasteiger partial charge in [0.2, 0.25) is 0 Å². The monoisotopic (exact) mass is 156 g/mol.